The number of nitrogens with one attached hydrogen (secondary N) is 2. The van der Waals surface area contributed by atoms with Crippen LogP contribution >= 0.6 is 0 Å². The first-order valence-corrected chi connectivity index (χ1v) is 12.7. The van der Waals surface area contributed by atoms with E-state index in [9.17, 15) is 9.59 Å². The molecule has 7 heteroatoms. The number of rotatable bonds is 8. The molecule has 0 spiro atoms. The highest BCUT2D eigenvalue weighted by Crippen LogP contribution is 2.29. The molecule has 0 bridgehead atoms. The number of allylic oxidation sites excluding steroid dienone is 1. The standard InChI is InChI=1S/C29H36N4O3/c1-5-30-27-16-24(23-8-6-22(7-9-23)18-33-10-12-36-13-11-33)15-25(21(27)4)28(34)31-17-26-19(2)14-20(3)32-29(26)35/h6-9,14-16,26,30H,5,10-13,17-18H2,1-4H3,(H,31,34). The summed E-state index contributed by atoms with van der Waals surface area (Å²) >= 11 is 0. The van der Waals surface area contributed by atoms with E-state index in [1.165, 1.54) is 5.56 Å². The van der Waals surface area contributed by atoms with Gasteiger partial charge in [0.25, 0.3) is 11.8 Å². The molecule has 2 aliphatic heterocycles. The molecule has 1 fully saturated rings. The van der Waals surface area contributed by atoms with Crippen LogP contribution in [0.1, 0.15) is 42.3 Å². The number of aliphatic imine (C=N–C) groups is 1. The van der Waals surface area contributed by atoms with E-state index in [-0.39, 0.29) is 18.4 Å². The van der Waals surface area contributed by atoms with Crippen LogP contribution < -0.4 is 10.6 Å². The van der Waals surface area contributed by atoms with Gasteiger partial charge in [-0.25, -0.2) is 4.99 Å². The summed E-state index contributed by atoms with van der Waals surface area (Å²) < 4.78 is 5.45. The topological polar surface area (TPSA) is 83.0 Å². The van der Waals surface area contributed by atoms with E-state index in [2.05, 4.69) is 50.9 Å². The third kappa shape index (κ3) is 6.09. The van der Waals surface area contributed by atoms with Crippen LogP contribution in [0.4, 0.5) is 5.69 Å². The van der Waals surface area contributed by atoms with E-state index >= 15 is 0 Å². The fourth-order valence-electron chi connectivity index (χ4n) is 4.76. The number of morpholine rings is 1. The van der Waals surface area contributed by atoms with Gasteiger partial charge in [0.2, 0.25) is 0 Å². The van der Waals surface area contributed by atoms with Crippen LogP contribution in [-0.2, 0) is 16.1 Å². The lowest BCUT2D eigenvalue weighted by molar-refractivity contribution is -0.120. The van der Waals surface area contributed by atoms with Gasteiger partial charge in [-0.2, -0.15) is 0 Å². The Kier molecular flexibility index (Phi) is 8.33. The average Bonchev–Trinajstić information content (AvgIpc) is 2.86. The zero-order chi connectivity index (χ0) is 25.7. The first-order valence-electron chi connectivity index (χ1n) is 12.7. The molecule has 190 valence electrons. The van der Waals surface area contributed by atoms with Crippen molar-refractivity contribution in [3.8, 4) is 11.1 Å². The molecule has 2 N–H and O–H groups in total. The maximum Gasteiger partial charge on any atom is 0.254 e. The summed E-state index contributed by atoms with van der Waals surface area (Å²) in [5, 5.41) is 6.37. The van der Waals surface area contributed by atoms with Gasteiger partial charge >= 0.3 is 0 Å². The number of ether oxygens (including phenoxy) is 1. The van der Waals surface area contributed by atoms with E-state index in [1.807, 2.05) is 39.8 Å². The van der Waals surface area contributed by atoms with E-state index in [4.69, 9.17) is 4.74 Å². The van der Waals surface area contributed by atoms with Crippen molar-refractivity contribution in [3.05, 3.63) is 64.7 Å². The Labute approximate surface area is 213 Å². The molecule has 4 rings (SSSR count). The number of carbonyl (C=O) groups is 2. The molecular weight excluding hydrogens is 452 g/mol. The Morgan fingerprint density at radius 3 is 2.47 bits per heavy atom. The van der Waals surface area contributed by atoms with Gasteiger partial charge in [-0.3, -0.25) is 14.5 Å². The molecule has 2 heterocycles. The summed E-state index contributed by atoms with van der Waals surface area (Å²) in [6.07, 6.45) is 1.90. The minimum absolute atomic E-state index is 0.190. The van der Waals surface area contributed by atoms with Gasteiger partial charge in [-0.1, -0.05) is 29.8 Å². The number of hydrogen-bond acceptors (Lipinski definition) is 5. The second-order valence-electron chi connectivity index (χ2n) is 9.55. The molecule has 0 aliphatic carbocycles. The van der Waals surface area contributed by atoms with Crippen molar-refractivity contribution < 1.29 is 14.3 Å². The summed E-state index contributed by atoms with van der Waals surface area (Å²) in [5.41, 5.74) is 7.34. The molecule has 2 aromatic rings. The summed E-state index contributed by atoms with van der Waals surface area (Å²) in [6.45, 7) is 13.1. The number of carbonyl (C=O) groups excluding carboxylic acids is 2. The van der Waals surface area contributed by atoms with Crippen molar-refractivity contribution >= 4 is 23.2 Å². The lowest BCUT2D eigenvalue weighted by atomic mass is 9.94. The largest absolute Gasteiger partial charge is 0.385 e. The van der Waals surface area contributed by atoms with Gasteiger partial charge in [0.05, 0.1) is 19.1 Å². The lowest BCUT2D eigenvalue weighted by Crippen LogP contribution is -2.35. The van der Waals surface area contributed by atoms with Crippen molar-refractivity contribution in [2.75, 3.05) is 44.7 Å². The lowest BCUT2D eigenvalue weighted by Gasteiger charge is -2.26. The van der Waals surface area contributed by atoms with Crippen molar-refractivity contribution in [3.63, 3.8) is 0 Å². The third-order valence-electron chi connectivity index (χ3n) is 6.85. The number of benzene rings is 2. The van der Waals surface area contributed by atoms with Gasteiger partial charge < -0.3 is 15.4 Å². The smallest absolute Gasteiger partial charge is 0.254 e. The second-order valence-corrected chi connectivity index (χ2v) is 9.55. The zero-order valence-electron chi connectivity index (χ0n) is 21.7. The van der Waals surface area contributed by atoms with Crippen LogP contribution in [0.2, 0.25) is 0 Å². The van der Waals surface area contributed by atoms with E-state index in [1.54, 1.807) is 0 Å². The minimum Gasteiger partial charge on any atom is -0.385 e. The normalized spacial score (nSPS) is 18.4. The molecule has 0 saturated carbocycles. The van der Waals surface area contributed by atoms with Crippen LogP contribution in [0.15, 0.2) is 53.0 Å². The van der Waals surface area contributed by atoms with Crippen LogP contribution in [-0.4, -0.2) is 61.8 Å². The Hall–Kier alpha value is -3.29. The molecule has 2 aliphatic rings. The summed E-state index contributed by atoms with van der Waals surface area (Å²) in [6, 6.07) is 12.6. The van der Waals surface area contributed by atoms with Crippen molar-refractivity contribution in [2.45, 2.75) is 34.2 Å². The van der Waals surface area contributed by atoms with Crippen molar-refractivity contribution in [1.29, 1.82) is 0 Å². The number of nitrogens with zero attached hydrogens (tertiary/aromatic N) is 2. The SMILES string of the molecule is CCNc1cc(-c2ccc(CN3CCOCC3)cc2)cc(C(=O)NCC2C(=O)N=C(C)C=C2C)c1C. The van der Waals surface area contributed by atoms with E-state index in [0.29, 0.717) is 11.3 Å². The summed E-state index contributed by atoms with van der Waals surface area (Å²) in [4.78, 5) is 32.1. The molecule has 1 atom stereocenters. The Morgan fingerprint density at radius 1 is 1.08 bits per heavy atom. The molecule has 1 saturated heterocycles. The quantitative estimate of drug-likeness (QED) is 0.581. The predicted octanol–water partition coefficient (Wildman–Crippen LogP) is 4.22. The fourth-order valence-corrected chi connectivity index (χ4v) is 4.76. The number of dihydropyridines is 1. The van der Waals surface area contributed by atoms with Crippen LogP contribution in [0, 0.1) is 12.8 Å². The van der Waals surface area contributed by atoms with Gasteiger partial charge in [-0.05, 0) is 68.2 Å². The van der Waals surface area contributed by atoms with E-state index < -0.39 is 5.92 Å². The fraction of sp³-hybridized carbons (Fsp3) is 0.414. The van der Waals surface area contributed by atoms with Gasteiger partial charge in [0.15, 0.2) is 0 Å². The van der Waals surface area contributed by atoms with Crippen molar-refractivity contribution in [1.82, 2.24) is 10.2 Å². The van der Waals surface area contributed by atoms with Crippen molar-refractivity contribution in [2.24, 2.45) is 10.9 Å². The Balaban J connectivity index is 1.53. The number of hydrogen-bond donors (Lipinski definition) is 2. The third-order valence-corrected chi connectivity index (χ3v) is 6.85. The van der Waals surface area contributed by atoms with Gasteiger partial charge in [-0.15, -0.1) is 0 Å². The maximum atomic E-state index is 13.3. The molecule has 7 nitrogen and oxygen atoms in total. The maximum absolute atomic E-state index is 13.3. The molecule has 0 radical (unpaired) electrons. The Morgan fingerprint density at radius 2 is 1.81 bits per heavy atom. The monoisotopic (exact) mass is 488 g/mol. The van der Waals surface area contributed by atoms with Crippen LogP contribution in [0.5, 0.6) is 0 Å². The average molecular weight is 489 g/mol. The van der Waals surface area contributed by atoms with Crippen LogP contribution in [0.25, 0.3) is 11.1 Å². The van der Waals surface area contributed by atoms with E-state index in [0.717, 1.165) is 67.3 Å². The zero-order valence-corrected chi connectivity index (χ0v) is 21.7. The highest BCUT2D eigenvalue weighted by atomic mass is 16.5. The minimum atomic E-state index is -0.423. The van der Waals surface area contributed by atoms with Gasteiger partial charge in [0, 0.05) is 49.7 Å². The molecule has 2 amide bonds. The molecular formula is C29H36N4O3. The molecule has 1 unspecified atom stereocenters. The van der Waals surface area contributed by atoms with Crippen LogP contribution in [0.3, 0.4) is 0 Å². The molecule has 0 aromatic heterocycles. The Bertz CT molecular complexity index is 1180. The highest BCUT2D eigenvalue weighted by molar-refractivity contribution is 6.06. The first kappa shape index (κ1) is 25.8. The first-order chi connectivity index (χ1) is 17.4. The number of amides is 2. The predicted molar refractivity (Wildman–Crippen MR) is 145 cm³/mol. The summed E-state index contributed by atoms with van der Waals surface area (Å²) in [7, 11) is 0. The second kappa shape index (κ2) is 11.6. The number of anilines is 1. The highest BCUT2D eigenvalue weighted by Gasteiger charge is 2.25. The molecule has 36 heavy (non-hydrogen) atoms. The molecule has 2 aromatic carbocycles. The summed E-state index contributed by atoms with van der Waals surface area (Å²) in [5.74, 6) is -0.818. The van der Waals surface area contributed by atoms with Gasteiger partial charge in [0.1, 0.15) is 0 Å².